The van der Waals surface area contributed by atoms with Gasteiger partial charge in [-0.15, -0.1) is 22.7 Å². The summed E-state index contributed by atoms with van der Waals surface area (Å²) in [6.07, 6.45) is 14.4. The molecule has 0 N–H and O–H groups in total. The highest BCUT2D eigenvalue weighted by atomic mass is 32.1. The number of hydrogen-bond acceptors (Lipinski definition) is 2. The Hall–Kier alpha value is -5.42. The summed E-state index contributed by atoms with van der Waals surface area (Å²) in [5.74, 6) is -0.854. The molecular weight excluding hydrogens is 813 g/mol. The quantitative estimate of drug-likeness (QED) is 0.156. The average Bonchev–Trinajstić information content (AvgIpc) is 3.87. The van der Waals surface area contributed by atoms with E-state index in [1.807, 2.05) is 22.7 Å². The third-order valence-corrected chi connectivity index (χ3v) is 17.1. The summed E-state index contributed by atoms with van der Waals surface area (Å²) < 4.78 is 28.1. The number of fused-ring (bicyclic) bond motifs is 10. The SMILES string of the molecule is [2H]C1(c2ccc3c(ccc4c5c[n+](C)c(-c6ccccc6C)cc5sc34)c2)CCC(C)(C)CC1.[2H]C1(c2ccc3c(ccc4c5c[n+](C)c(-c6ccccc6C)cc5sc34)c2)CCCCC1. The van der Waals surface area contributed by atoms with Crippen LogP contribution in [0.25, 0.3) is 84.4 Å². The van der Waals surface area contributed by atoms with Crippen LogP contribution in [-0.4, -0.2) is 0 Å². The molecule has 2 nitrogen and oxygen atoms in total. The van der Waals surface area contributed by atoms with E-state index in [4.69, 9.17) is 1.37 Å². The highest BCUT2D eigenvalue weighted by Crippen LogP contribution is 2.45. The number of benzene rings is 6. The molecule has 2 saturated carbocycles. The number of nitrogens with zero attached hydrogens (tertiary/aromatic N) is 2. The number of hydrogen-bond donors (Lipinski definition) is 0. The third kappa shape index (κ3) is 7.51. The van der Waals surface area contributed by atoms with Gasteiger partial charge in [0.15, 0.2) is 12.4 Å². The lowest BCUT2D eigenvalue weighted by Crippen LogP contribution is -2.30. The lowest BCUT2D eigenvalue weighted by molar-refractivity contribution is -0.659. The molecule has 0 amide bonds. The number of thiophene rings is 2. The van der Waals surface area contributed by atoms with Crippen LogP contribution in [0, 0.1) is 19.3 Å². The van der Waals surface area contributed by atoms with Gasteiger partial charge < -0.3 is 0 Å². The standard InChI is InChI=1S/C31H32NS.C29H28NS/c1-20-7-5-6-8-24(20)28-18-29-27(19-32(28)4)26-12-10-23-17-22(9-11-25(23)30(26)33-29)21-13-15-31(2,3)16-14-21;1-19-8-6-7-11-23(19)27-17-28-26(18-30(27)2)25-15-13-22-16-21(20-9-4-3-5-10-20)12-14-24(22)29(25)31-28/h5-12,17-19,21H,13-16H2,1-4H3;6-8,11-18,20H,3-5,9-10H2,1-2H3/q2*+1/i21D;20D. The molecule has 0 bridgehead atoms. The monoisotopic (exact) mass is 874 g/mol. The Morgan fingerprint density at radius 3 is 1.41 bits per heavy atom. The number of aryl methyl sites for hydroxylation is 4. The van der Waals surface area contributed by atoms with Gasteiger partial charge in [-0.2, -0.15) is 0 Å². The molecule has 0 aliphatic heterocycles. The molecule has 6 aromatic carbocycles. The predicted molar refractivity (Wildman–Crippen MR) is 277 cm³/mol. The molecular formula is C60H60N2S2+2. The van der Waals surface area contributed by atoms with E-state index in [1.165, 1.54) is 126 Å². The smallest absolute Gasteiger partial charge is 0.200 e. The second-order valence-corrected chi connectivity index (χ2v) is 21.7. The minimum atomic E-state index is -0.449. The van der Waals surface area contributed by atoms with Gasteiger partial charge in [0.05, 0.1) is 10.8 Å². The van der Waals surface area contributed by atoms with E-state index in [1.54, 1.807) is 0 Å². The Kier molecular flexibility index (Phi) is 10.1. The van der Waals surface area contributed by atoms with Gasteiger partial charge in [0.25, 0.3) is 0 Å². The van der Waals surface area contributed by atoms with Crippen LogP contribution < -0.4 is 9.13 Å². The van der Waals surface area contributed by atoms with Crippen LogP contribution in [0.4, 0.5) is 0 Å². The van der Waals surface area contributed by atoms with Gasteiger partial charge in [0.1, 0.15) is 14.1 Å². The Morgan fingerprint density at radius 2 is 0.938 bits per heavy atom. The van der Waals surface area contributed by atoms with Crippen molar-refractivity contribution in [2.45, 2.75) is 97.3 Å². The molecule has 0 atom stereocenters. The Labute approximate surface area is 389 Å². The van der Waals surface area contributed by atoms with Crippen LogP contribution in [-0.2, 0) is 14.1 Å². The van der Waals surface area contributed by atoms with Crippen molar-refractivity contribution >= 4 is 84.6 Å². The van der Waals surface area contributed by atoms with Crippen LogP contribution >= 0.6 is 22.7 Å². The first kappa shape index (κ1) is 39.0. The first-order chi connectivity index (χ1) is 31.8. The van der Waals surface area contributed by atoms with Gasteiger partial charge in [-0.1, -0.05) is 130 Å². The van der Waals surface area contributed by atoms with Gasteiger partial charge in [0, 0.05) is 55.6 Å². The van der Waals surface area contributed by atoms with Crippen molar-refractivity contribution in [1.29, 1.82) is 0 Å². The fraction of sp³-hybridized carbons (Fsp3) is 0.300. The lowest BCUT2D eigenvalue weighted by Gasteiger charge is -2.34. The largest absolute Gasteiger partial charge is 0.213 e. The molecule has 2 aliphatic carbocycles. The second kappa shape index (κ2) is 16.5. The molecule has 12 rings (SSSR count). The molecule has 4 heteroatoms. The van der Waals surface area contributed by atoms with E-state index in [2.05, 4.69) is 185 Å². The summed E-state index contributed by atoms with van der Waals surface area (Å²) in [5, 5.41) is 10.4. The van der Waals surface area contributed by atoms with Crippen molar-refractivity contribution in [1.82, 2.24) is 0 Å². The molecule has 10 aromatic rings. The molecule has 0 saturated heterocycles. The molecule has 4 heterocycles. The zero-order chi connectivity index (χ0) is 45.5. The zero-order valence-electron chi connectivity index (χ0n) is 40.3. The fourth-order valence-corrected chi connectivity index (χ4v) is 13.3. The molecule has 0 spiro atoms. The van der Waals surface area contributed by atoms with E-state index in [9.17, 15) is 1.37 Å². The summed E-state index contributed by atoms with van der Waals surface area (Å²) in [6, 6.07) is 44.6. The van der Waals surface area contributed by atoms with Crippen molar-refractivity contribution in [2.24, 2.45) is 19.5 Å². The fourth-order valence-electron chi connectivity index (χ4n) is 10.8. The number of rotatable bonds is 4. The third-order valence-electron chi connectivity index (χ3n) is 14.7. The minimum Gasteiger partial charge on any atom is -0.200 e. The Morgan fingerprint density at radius 1 is 0.500 bits per heavy atom. The summed E-state index contributed by atoms with van der Waals surface area (Å²) in [4.78, 5) is 0. The van der Waals surface area contributed by atoms with E-state index >= 15 is 0 Å². The topological polar surface area (TPSA) is 7.76 Å². The Balaban J connectivity index is 0.000000146. The van der Waals surface area contributed by atoms with Crippen LogP contribution in [0.5, 0.6) is 0 Å². The van der Waals surface area contributed by atoms with E-state index in [0.29, 0.717) is 5.41 Å². The van der Waals surface area contributed by atoms with E-state index in [0.717, 1.165) is 38.5 Å². The average molecular weight is 875 g/mol. The van der Waals surface area contributed by atoms with Gasteiger partial charge in [-0.3, -0.25) is 0 Å². The van der Waals surface area contributed by atoms with Crippen LogP contribution in [0.2, 0.25) is 0 Å². The molecule has 320 valence electrons. The maximum absolute atomic E-state index is 9.21. The van der Waals surface area contributed by atoms with E-state index in [-0.39, 0.29) is 0 Å². The van der Waals surface area contributed by atoms with Gasteiger partial charge in [0.2, 0.25) is 11.4 Å². The van der Waals surface area contributed by atoms with Crippen molar-refractivity contribution < 1.29 is 11.9 Å². The van der Waals surface area contributed by atoms with Gasteiger partial charge in [-0.25, -0.2) is 9.13 Å². The normalized spacial score (nSPS) is 17.5. The summed E-state index contributed by atoms with van der Waals surface area (Å²) in [6.45, 7) is 9.05. The molecule has 0 radical (unpaired) electrons. The highest BCUT2D eigenvalue weighted by Gasteiger charge is 2.28. The number of pyridine rings is 2. The molecule has 4 aromatic heterocycles. The van der Waals surface area contributed by atoms with Crippen molar-refractivity contribution in [2.75, 3.05) is 0 Å². The maximum atomic E-state index is 9.21. The predicted octanol–water partition coefficient (Wildman–Crippen LogP) is 16.7. The number of aromatic nitrogens is 2. The van der Waals surface area contributed by atoms with Gasteiger partial charge in [-0.05, 0) is 126 Å². The van der Waals surface area contributed by atoms with Crippen LogP contribution in [0.1, 0.15) is 108 Å². The summed E-state index contributed by atoms with van der Waals surface area (Å²) in [7, 11) is 4.30. The van der Waals surface area contributed by atoms with Crippen LogP contribution in [0.15, 0.2) is 134 Å². The highest BCUT2D eigenvalue weighted by molar-refractivity contribution is 7.27. The van der Waals surface area contributed by atoms with E-state index < -0.39 is 11.8 Å². The van der Waals surface area contributed by atoms with Crippen molar-refractivity contribution in [3.05, 3.63) is 156 Å². The van der Waals surface area contributed by atoms with Crippen molar-refractivity contribution in [3.63, 3.8) is 0 Å². The molecule has 64 heavy (non-hydrogen) atoms. The van der Waals surface area contributed by atoms with Gasteiger partial charge >= 0.3 is 0 Å². The summed E-state index contributed by atoms with van der Waals surface area (Å²) >= 11 is 3.79. The molecule has 0 unspecified atom stereocenters. The second-order valence-electron chi connectivity index (χ2n) is 19.6. The minimum absolute atomic E-state index is 0.373. The van der Waals surface area contributed by atoms with Crippen molar-refractivity contribution in [3.8, 4) is 22.5 Å². The Bertz CT molecular complexity index is 3520. The summed E-state index contributed by atoms with van der Waals surface area (Å²) in [5.41, 5.74) is 10.4. The maximum Gasteiger partial charge on any atom is 0.213 e. The molecule has 2 fully saturated rings. The lowest BCUT2D eigenvalue weighted by atomic mass is 9.71. The molecule has 2 aliphatic rings. The first-order valence-corrected chi connectivity index (χ1v) is 25.1. The first-order valence-electron chi connectivity index (χ1n) is 24.5. The zero-order valence-corrected chi connectivity index (χ0v) is 39.9. The van der Waals surface area contributed by atoms with Crippen LogP contribution in [0.3, 0.4) is 0 Å².